The predicted molar refractivity (Wildman–Crippen MR) is 29.7 cm³/mol. The smallest absolute Gasteiger partial charge is 0.203 e. The fraction of sp³-hybridized carbons (Fsp3) is 0. The van der Waals surface area contributed by atoms with Crippen LogP contribution in [0.2, 0.25) is 0 Å². The topological polar surface area (TPSA) is 9.23 Å². The van der Waals surface area contributed by atoms with Crippen molar-refractivity contribution in [1.29, 1.82) is 0 Å². The molecule has 0 saturated carbocycles. The van der Waals surface area contributed by atoms with Gasteiger partial charge in [-0.3, -0.25) is 0 Å². The van der Waals surface area contributed by atoms with E-state index in [4.69, 9.17) is 4.57 Å². The fourth-order valence-corrected chi connectivity index (χ4v) is 0.510. The quantitative estimate of drug-likeness (QED) is 0.279. The van der Waals surface area contributed by atoms with Crippen LogP contribution in [-0.2, 0) is 4.57 Å². The SMILES string of the molecule is B1BBOB1. The summed E-state index contributed by atoms with van der Waals surface area (Å²) < 4.78 is 4.94. The molecule has 0 aromatic rings. The molecule has 0 aromatic heterocycles. The van der Waals surface area contributed by atoms with Crippen LogP contribution in [0.15, 0.2) is 0 Å². The number of hydrogen-bond donors (Lipinski definition) is 0. The van der Waals surface area contributed by atoms with Gasteiger partial charge in [0, 0.05) is 0 Å². The molecule has 1 saturated heterocycles. The minimum absolute atomic E-state index is 1.00. The molecular formula is H4B4O. The molecule has 1 heterocycles. The van der Waals surface area contributed by atoms with E-state index in [0.717, 1.165) is 14.7 Å². The van der Waals surface area contributed by atoms with Gasteiger partial charge in [-0.2, -0.15) is 0 Å². The average molecular weight is 63.3 g/mol. The van der Waals surface area contributed by atoms with Gasteiger partial charge >= 0.3 is 0 Å². The molecule has 0 atom stereocenters. The van der Waals surface area contributed by atoms with Crippen LogP contribution in [-0.4, -0.2) is 28.9 Å². The second-order valence-electron chi connectivity index (χ2n) is 1.32. The lowest BCUT2D eigenvalue weighted by Crippen LogP contribution is -2.00. The third-order valence-electron chi connectivity index (χ3n) is 0.827. The van der Waals surface area contributed by atoms with Gasteiger partial charge in [-0.05, 0) is 0 Å². The highest BCUT2D eigenvalue weighted by Gasteiger charge is 2.04. The summed E-state index contributed by atoms with van der Waals surface area (Å²) in [6, 6.07) is 0. The maximum atomic E-state index is 4.94. The Bertz CT molecular complexity index is 15.2. The van der Waals surface area contributed by atoms with E-state index in [1.54, 1.807) is 0 Å². The van der Waals surface area contributed by atoms with Crippen LogP contribution in [0.1, 0.15) is 0 Å². The summed E-state index contributed by atoms with van der Waals surface area (Å²) in [4.78, 5) is 0. The molecule has 1 rings (SSSR count). The molecule has 1 aliphatic rings. The Morgan fingerprint density at radius 2 is 1.60 bits per heavy atom. The first-order valence-electron chi connectivity index (χ1n) is 2.08. The van der Waals surface area contributed by atoms with Gasteiger partial charge < -0.3 is 4.57 Å². The van der Waals surface area contributed by atoms with Gasteiger partial charge in [-0.15, -0.1) is 0 Å². The predicted octanol–water partition coefficient (Wildman–Crippen LogP) is -2.66. The Kier molecular flexibility index (Phi) is 1.10. The molecule has 0 aromatic carbocycles. The van der Waals surface area contributed by atoms with Gasteiger partial charge in [0.15, 0.2) is 0 Å². The van der Waals surface area contributed by atoms with Crippen molar-refractivity contribution in [2.45, 2.75) is 0 Å². The molecule has 1 aliphatic heterocycles. The van der Waals surface area contributed by atoms with Crippen LogP contribution in [0.3, 0.4) is 0 Å². The molecule has 0 bridgehead atoms. The molecule has 1 fully saturated rings. The third-order valence-corrected chi connectivity index (χ3v) is 0.827. The highest BCUT2D eigenvalue weighted by Crippen LogP contribution is 1.69. The van der Waals surface area contributed by atoms with E-state index in [1.807, 2.05) is 0 Å². The summed E-state index contributed by atoms with van der Waals surface area (Å²) in [5.74, 6) is 0. The molecule has 5 heteroatoms. The van der Waals surface area contributed by atoms with Gasteiger partial charge in [-0.25, -0.2) is 0 Å². The molecule has 0 unspecified atom stereocenters. The summed E-state index contributed by atoms with van der Waals surface area (Å²) in [5.41, 5.74) is 0. The third kappa shape index (κ3) is 0.763. The van der Waals surface area contributed by atoms with Crippen LogP contribution < -0.4 is 0 Å². The van der Waals surface area contributed by atoms with E-state index in [0.29, 0.717) is 0 Å². The first-order chi connectivity index (χ1) is 2.50. The van der Waals surface area contributed by atoms with Crippen LogP contribution in [0.4, 0.5) is 0 Å². The first-order valence-corrected chi connectivity index (χ1v) is 2.08. The van der Waals surface area contributed by atoms with Crippen molar-refractivity contribution in [1.82, 2.24) is 0 Å². The van der Waals surface area contributed by atoms with E-state index in [2.05, 4.69) is 0 Å². The zero-order valence-electron chi connectivity index (χ0n) is 3.24. The average Bonchev–Trinajstić information content (AvgIpc) is 1.76. The Hall–Kier alpha value is 0.220. The van der Waals surface area contributed by atoms with Crippen molar-refractivity contribution in [3.63, 3.8) is 0 Å². The van der Waals surface area contributed by atoms with E-state index < -0.39 is 0 Å². The summed E-state index contributed by atoms with van der Waals surface area (Å²) in [6.45, 7) is 0. The van der Waals surface area contributed by atoms with Gasteiger partial charge in [0.05, 0.1) is 14.1 Å². The molecule has 1 nitrogen and oxygen atoms in total. The molecule has 5 heavy (non-hydrogen) atoms. The van der Waals surface area contributed by atoms with Gasteiger partial charge in [0.2, 0.25) is 14.7 Å². The lowest BCUT2D eigenvalue weighted by Gasteiger charge is -1.76. The van der Waals surface area contributed by atoms with Crippen LogP contribution >= 0.6 is 0 Å². The standard InChI is InChI=1S/B4H4O/c1-2-4-5-3-1/h1-4H. The molecule has 0 spiro atoms. The second-order valence-corrected chi connectivity index (χ2v) is 1.32. The number of rotatable bonds is 0. The highest BCUT2D eigenvalue weighted by atomic mass is 16.4. The summed E-state index contributed by atoms with van der Waals surface area (Å²) in [7, 11) is 4.56. The first kappa shape index (κ1) is 3.41. The highest BCUT2D eigenvalue weighted by molar-refractivity contribution is 7.47. The van der Waals surface area contributed by atoms with Crippen molar-refractivity contribution >= 4 is 28.9 Å². The van der Waals surface area contributed by atoms with E-state index in [9.17, 15) is 0 Å². The van der Waals surface area contributed by atoms with Crippen molar-refractivity contribution in [3.8, 4) is 0 Å². The molecule has 0 radical (unpaired) electrons. The normalized spacial score (nSPS) is 17.6. The summed E-state index contributed by atoms with van der Waals surface area (Å²) >= 11 is 0. The van der Waals surface area contributed by atoms with Crippen molar-refractivity contribution < 1.29 is 4.57 Å². The van der Waals surface area contributed by atoms with Crippen molar-refractivity contribution in [2.24, 2.45) is 0 Å². The van der Waals surface area contributed by atoms with Crippen LogP contribution in [0.25, 0.3) is 0 Å². The lowest BCUT2D eigenvalue weighted by molar-refractivity contribution is 0.678. The summed E-state index contributed by atoms with van der Waals surface area (Å²) in [5, 5.41) is 0. The monoisotopic (exact) mass is 64.1 g/mol. The summed E-state index contributed by atoms with van der Waals surface area (Å²) in [6.07, 6.45) is 0. The Balaban J connectivity index is 2.08. The van der Waals surface area contributed by atoms with E-state index in [-0.39, 0.29) is 0 Å². The maximum Gasteiger partial charge on any atom is 0.203 e. The Morgan fingerprint density at radius 3 is 1.80 bits per heavy atom. The van der Waals surface area contributed by atoms with Crippen LogP contribution in [0, 0.1) is 0 Å². The second kappa shape index (κ2) is 1.61. The lowest BCUT2D eigenvalue weighted by atomic mass is 9.19. The largest absolute Gasteiger partial charge is 0.516 e. The zero-order valence-corrected chi connectivity index (χ0v) is 3.24. The Morgan fingerprint density at radius 1 is 1.00 bits per heavy atom. The molecular weight excluding hydrogens is 59.2 g/mol. The Labute approximate surface area is 34.4 Å². The van der Waals surface area contributed by atoms with Gasteiger partial charge in [0.1, 0.15) is 0 Å². The minimum atomic E-state index is 1.00. The van der Waals surface area contributed by atoms with Crippen LogP contribution in [0.5, 0.6) is 0 Å². The van der Waals surface area contributed by atoms with Crippen molar-refractivity contribution in [2.75, 3.05) is 0 Å². The zero-order chi connectivity index (χ0) is 3.54. The minimum Gasteiger partial charge on any atom is -0.516 e. The molecule has 0 aliphatic carbocycles. The maximum absolute atomic E-state index is 4.94. The van der Waals surface area contributed by atoms with Gasteiger partial charge in [0.25, 0.3) is 0 Å². The van der Waals surface area contributed by atoms with E-state index >= 15 is 0 Å². The van der Waals surface area contributed by atoms with Crippen molar-refractivity contribution in [3.05, 3.63) is 0 Å². The van der Waals surface area contributed by atoms with E-state index in [1.165, 1.54) is 14.1 Å². The fourth-order valence-electron chi connectivity index (χ4n) is 0.510. The molecule has 22 valence electrons. The van der Waals surface area contributed by atoms with Gasteiger partial charge in [-0.1, -0.05) is 0 Å². The molecule has 0 amide bonds. The molecule has 0 N–H and O–H groups in total. The number of hydrogen-bond acceptors (Lipinski definition) is 1.